The van der Waals surface area contributed by atoms with E-state index >= 15 is 0 Å². The number of hydrogen-bond acceptors (Lipinski definition) is 4. The molecule has 1 aliphatic rings. The van der Waals surface area contributed by atoms with Gasteiger partial charge in [-0.25, -0.2) is 4.98 Å². The van der Waals surface area contributed by atoms with E-state index in [0.717, 1.165) is 22.5 Å². The van der Waals surface area contributed by atoms with Gasteiger partial charge < -0.3 is 14.2 Å². The summed E-state index contributed by atoms with van der Waals surface area (Å²) in [5.74, 6) is 0.344. The fourth-order valence-electron chi connectivity index (χ4n) is 3.66. The van der Waals surface area contributed by atoms with Crippen LogP contribution in [0.25, 0.3) is 11.0 Å². The molecule has 1 unspecified atom stereocenters. The SMILES string of the molecule is CCOC(=O)Cn1c(C2CC(=O)N(c3ccc(Cl)cc3)C2)nc2ccccc21. The van der Waals surface area contributed by atoms with Crippen molar-refractivity contribution in [3.8, 4) is 0 Å². The van der Waals surface area contributed by atoms with E-state index in [0.29, 0.717) is 24.6 Å². The van der Waals surface area contributed by atoms with Gasteiger partial charge in [0.15, 0.2) is 0 Å². The quantitative estimate of drug-likeness (QED) is 0.615. The number of ether oxygens (including phenoxy) is 1. The highest BCUT2D eigenvalue weighted by molar-refractivity contribution is 6.30. The lowest BCUT2D eigenvalue weighted by Crippen LogP contribution is -2.24. The summed E-state index contributed by atoms with van der Waals surface area (Å²) in [5, 5.41) is 0.628. The number of carbonyl (C=O) groups is 2. The van der Waals surface area contributed by atoms with Gasteiger partial charge in [0.2, 0.25) is 5.91 Å². The summed E-state index contributed by atoms with van der Waals surface area (Å²) in [4.78, 5) is 31.3. The van der Waals surface area contributed by atoms with E-state index in [4.69, 9.17) is 21.3 Å². The fourth-order valence-corrected chi connectivity index (χ4v) is 3.78. The minimum absolute atomic E-state index is 0.0297. The van der Waals surface area contributed by atoms with Crippen LogP contribution in [0.3, 0.4) is 0 Å². The van der Waals surface area contributed by atoms with Crippen LogP contribution in [0, 0.1) is 0 Å². The van der Waals surface area contributed by atoms with E-state index < -0.39 is 0 Å². The molecule has 4 rings (SSSR count). The highest BCUT2D eigenvalue weighted by atomic mass is 35.5. The van der Waals surface area contributed by atoms with Gasteiger partial charge in [-0.05, 0) is 43.3 Å². The molecule has 7 heteroatoms. The number of nitrogens with zero attached hydrogens (tertiary/aromatic N) is 3. The van der Waals surface area contributed by atoms with Gasteiger partial charge in [-0.1, -0.05) is 23.7 Å². The summed E-state index contributed by atoms with van der Waals surface area (Å²) in [5.41, 5.74) is 2.48. The summed E-state index contributed by atoms with van der Waals surface area (Å²) < 4.78 is 7.00. The first-order valence-electron chi connectivity index (χ1n) is 9.23. The van der Waals surface area contributed by atoms with E-state index in [1.165, 1.54) is 0 Å². The number of fused-ring (bicyclic) bond motifs is 1. The molecule has 1 saturated heterocycles. The van der Waals surface area contributed by atoms with Gasteiger partial charge in [-0.3, -0.25) is 9.59 Å². The third-order valence-corrected chi connectivity index (χ3v) is 5.16. The molecule has 144 valence electrons. The minimum atomic E-state index is -0.314. The molecule has 2 heterocycles. The van der Waals surface area contributed by atoms with Gasteiger partial charge in [0.1, 0.15) is 12.4 Å². The van der Waals surface area contributed by atoms with Crippen LogP contribution in [0.15, 0.2) is 48.5 Å². The van der Waals surface area contributed by atoms with Crippen LogP contribution in [0.1, 0.15) is 25.1 Å². The molecule has 0 spiro atoms. The first kappa shape index (κ1) is 18.5. The van der Waals surface area contributed by atoms with Crippen molar-refractivity contribution in [2.75, 3.05) is 18.1 Å². The molecule has 1 fully saturated rings. The third kappa shape index (κ3) is 3.47. The second-order valence-electron chi connectivity index (χ2n) is 6.73. The Morgan fingerprint density at radius 1 is 1.21 bits per heavy atom. The molecule has 1 aliphatic heterocycles. The number of halogens is 1. The van der Waals surface area contributed by atoms with Gasteiger partial charge in [-0.15, -0.1) is 0 Å². The number of carbonyl (C=O) groups excluding carboxylic acids is 2. The number of imidazole rings is 1. The molecular weight excluding hydrogens is 378 g/mol. The maximum atomic E-state index is 12.7. The van der Waals surface area contributed by atoms with Crippen LogP contribution >= 0.6 is 11.6 Å². The summed E-state index contributed by atoms with van der Waals surface area (Å²) >= 11 is 5.96. The normalized spacial score (nSPS) is 16.7. The zero-order chi connectivity index (χ0) is 19.7. The molecule has 28 heavy (non-hydrogen) atoms. The van der Waals surface area contributed by atoms with Gasteiger partial charge in [-0.2, -0.15) is 0 Å². The van der Waals surface area contributed by atoms with Crippen molar-refractivity contribution in [2.45, 2.75) is 25.8 Å². The van der Waals surface area contributed by atoms with Crippen LogP contribution in [0.5, 0.6) is 0 Å². The van der Waals surface area contributed by atoms with Crippen molar-refractivity contribution in [3.63, 3.8) is 0 Å². The lowest BCUT2D eigenvalue weighted by atomic mass is 10.1. The number of para-hydroxylation sites is 2. The molecular formula is C21H20ClN3O3. The summed E-state index contributed by atoms with van der Waals surface area (Å²) in [6.07, 6.45) is 0.342. The predicted octanol–water partition coefficient (Wildman–Crippen LogP) is 3.77. The van der Waals surface area contributed by atoms with Gasteiger partial charge in [0, 0.05) is 29.6 Å². The number of amides is 1. The molecule has 1 aromatic heterocycles. The molecule has 0 saturated carbocycles. The minimum Gasteiger partial charge on any atom is -0.465 e. The number of esters is 1. The Bertz CT molecular complexity index is 1030. The van der Waals surface area contributed by atoms with Gasteiger partial charge in [0.05, 0.1) is 17.6 Å². The van der Waals surface area contributed by atoms with Crippen molar-refractivity contribution < 1.29 is 14.3 Å². The van der Waals surface area contributed by atoms with E-state index in [1.807, 2.05) is 41.0 Å². The molecule has 0 N–H and O–H groups in total. The first-order valence-corrected chi connectivity index (χ1v) is 9.61. The maximum absolute atomic E-state index is 12.7. The molecule has 1 atom stereocenters. The number of rotatable bonds is 5. The second-order valence-corrected chi connectivity index (χ2v) is 7.17. The zero-order valence-corrected chi connectivity index (χ0v) is 16.2. The Hall–Kier alpha value is -2.86. The van der Waals surface area contributed by atoms with Crippen LogP contribution < -0.4 is 4.90 Å². The summed E-state index contributed by atoms with van der Waals surface area (Å²) in [6, 6.07) is 14.9. The van der Waals surface area contributed by atoms with Crippen molar-refractivity contribution in [3.05, 3.63) is 59.4 Å². The Labute approximate surface area is 167 Å². The van der Waals surface area contributed by atoms with Crippen molar-refractivity contribution in [1.29, 1.82) is 0 Å². The van der Waals surface area contributed by atoms with Crippen molar-refractivity contribution in [1.82, 2.24) is 9.55 Å². The van der Waals surface area contributed by atoms with Crippen LogP contribution in [-0.4, -0.2) is 34.6 Å². The van der Waals surface area contributed by atoms with Gasteiger partial charge >= 0.3 is 5.97 Å². The lowest BCUT2D eigenvalue weighted by molar-refractivity contribution is -0.143. The molecule has 0 aliphatic carbocycles. The summed E-state index contributed by atoms with van der Waals surface area (Å²) in [7, 11) is 0. The van der Waals surface area contributed by atoms with Crippen molar-refractivity contribution in [2.24, 2.45) is 0 Å². The Balaban J connectivity index is 1.68. The van der Waals surface area contributed by atoms with Crippen LogP contribution in [0.4, 0.5) is 5.69 Å². The average molecular weight is 398 g/mol. The molecule has 0 bridgehead atoms. The smallest absolute Gasteiger partial charge is 0.326 e. The standard InChI is InChI=1S/C21H20ClN3O3/c1-2-28-20(27)13-25-18-6-4-3-5-17(18)23-21(25)14-11-19(26)24(12-14)16-9-7-15(22)8-10-16/h3-10,14H,2,11-13H2,1H3. The number of anilines is 1. The zero-order valence-electron chi connectivity index (χ0n) is 15.5. The van der Waals surface area contributed by atoms with Crippen LogP contribution in [-0.2, 0) is 20.9 Å². The highest BCUT2D eigenvalue weighted by Crippen LogP contribution is 2.33. The van der Waals surface area contributed by atoms with Gasteiger partial charge in [0.25, 0.3) is 0 Å². The average Bonchev–Trinajstić information content (AvgIpc) is 3.24. The number of hydrogen-bond donors (Lipinski definition) is 0. The Kier molecular flexibility index (Phi) is 5.05. The largest absolute Gasteiger partial charge is 0.465 e. The Morgan fingerprint density at radius 3 is 2.71 bits per heavy atom. The van der Waals surface area contributed by atoms with E-state index in [2.05, 4.69) is 0 Å². The lowest BCUT2D eigenvalue weighted by Gasteiger charge is -2.17. The first-order chi connectivity index (χ1) is 13.6. The van der Waals surface area contributed by atoms with Crippen LogP contribution in [0.2, 0.25) is 5.02 Å². The van der Waals surface area contributed by atoms with Crippen molar-refractivity contribution >= 4 is 40.2 Å². The third-order valence-electron chi connectivity index (χ3n) is 4.91. The molecule has 6 nitrogen and oxygen atoms in total. The topological polar surface area (TPSA) is 64.4 Å². The monoisotopic (exact) mass is 397 g/mol. The highest BCUT2D eigenvalue weighted by Gasteiger charge is 2.35. The second kappa shape index (κ2) is 7.64. The fraction of sp³-hybridized carbons (Fsp3) is 0.286. The molecule has 1 amide bonds. The predicted molar refractivity (Wildman–Crippen MR) is 108 cm³/mol. The maximum Gasteiger partial charge on any atom is 0.326 e. The molecule has 3 aromatic rings. The summed E-state index contributed by atoms with van der Waals surface area (Å²) in [6.45, 7) is 2.69. The van der Waals surface area contributed by atoms with E-state index in [-0.39, 0.29) is 24.3 Å². The number of aromatic nitrogens is 2. The molecule has 0 radical (unpaired) electrons. The molecule has 2 aromatic carbocycles. The van der Waals surface area contributed by atoms with E-state index in [9.17, 15) is 9.59 Å². The Morgan fingerprint density at radius 2 is 1.96 bits per heavy atom. The number of benzene rings is 2. The van der Waals surface area contributed by atoms with E-state index in [1.54, 1.807) is 24.0 Å².